The number of nitrogens with zero attached hydrogens (tertiary/aromatic N) is 1. The van der Waals surface area contributed by atoms with Gasteiger partial charge in [-0.15, -0.1) is 0 Å². The van der Waals surface area contributed by atoms with Crippen LogP contribution in [0.1, 0.15) is 49.7 Å². The smallest absolute Gasteiger partial charge is 0.234 e. The summed E-state index contributed by atoms with van der Waals surface area (Å²) in [6.45, 7) is 4.15. The molecule has 2 aromatic carbocycles. The molecule has 1 saturated heterocycles. The molecular formula is C24H30N2O2. The lowest BCUT2D eigenvalue weighted by Crippen LogP contribution is -2.44. The van der Waals surface area contributed by atoms with Crippen LogP contribution in [0.25, 0.3) is 0 Å². The second-order valence-electron chi connectivity index (χ2n) is 7.50. The van der Waals surface area contributed by atoms with Crippen molar-refractivity contribution >= 4 is 11.8 Å². The van der Waals surface area contributed by atoms with E-state index in [2.05, 4.69) is 12.2 Å². The summed E-state index contributed by atoms with van der Waals surface area (Å²) < 4.78 is 0. The van der Waals surface area contributed by atoms with Crippen LogP contribution in [0.4, 0.5) is 0 Å². The lowest BCUT2D eigenvalue weighted by atomic mass is 9.88. The molecule has 0 aliphatic carbocycles. The quantitative estimate of drug-likeness (QED) is 0.741. The fraction of sp³-hybridized carbons (Fsp3) is 0.417. The van der Waals surface area contributed by atoms with Gasteiger partial charge in [0.2, 0.25) is 11.8 Å². The Labute approximate surface area is 167 Å². The van der Waals surface area contributed by atoms with Gasteiger partial charge in [-0.1, -0.05) is 74.0 Å². The summed E-state index contributed by atoms with van der Waals surface area (Å²) >= 11 is 0. The summed E-state index contributed by atoms with van der Waals surface area (Å²) in [6.07, 6.45) is 3.56. The van der Waals surface area contributed by atoms with Crippen LogP contribution in [0.15, 0.2) is 60.7 Å². The number of benzene rings is 2. The topological polar surface area (TPSA) is 49.4 Å². The molecule has 2 aromatic rings. The third kappa shape index (κ3) is 5.00. The zero-order valence-corrected chi connectivity index (χ0v) is 16.6. The molecule has 0 bridgehead atoms. The van der Waals surface area contributed by atoms with Gasteiger partial charge in [0.25, 0.3) is 0 Å². The number of amides is 2. The van der Waals surface area contributed by atoms with E-state index >= 15 is 0 Å². The minimum absolute atomic E-state index is 0.0211. The SMILES string of the molecule is CCCCNC(=O)C1CCN(C(=O)C(c2ccccc2)c2ccccc2)CC1. The zero-order chi connectivity index (χ0) is 19.8. The van der Waals surface area contributed by atoms with Crippen LogP contribution < -0.4 is 5.32 Å². The van der Waals surface area contributed by atoms with Gasteiger partial charge in [-0.2, -0.15) is 0 Å². The first-order valence-corrected chi connectivity index (χ1v) is 10.4. The molecule has 1 heterocycles. The maximum Gasteiger partial charge on any atom is 0.234 e. The first-order valence-electron chi connectivity index (χ1n) is 10.4. The maximum atomic E-state index is 13.4. The van der Waals surface area contributed by atoms with Gasteiger partial charge in [0.15, 0.2) is 0 Å². The zero-order valence-electron chi connectivity index (χ0n) is 16.6. The first kappa shape index (κ1) is 20.1. The molecule has 1 fully saturated rings. The van der Waals surface area contributed by atoms with Gasteiger partial charge >= 0.3 is 0 Å². The Hall–Kier alpha value is -2.62. The van der Waals surface area contributed by atoms with E-state index in [4.69, 9.17) is 0 Å². The second kappa shape index (κ2) is 10.1. The van der Waals surface area contributed by atoms with Gasteiger partial charge in [-0.25, -0.2) is 0 Å². The Bertz CT molecular complexity index is 713. The summed E-state index contributed by atoms with van der Waals surface area (Å²) in [5.41, 5.74) is 2.02. The summed E-state index contributed by atoms with van der Waals surface area (Å²) in [6, 6.07) is 19.9. The fourth-order valence-corrected chi connectivity index (χ4v) is 3.85. The van der Waals surface area contributed by atoms with Crippen LogP contribution in [0.5, 0.6) is 0 Å². The highest BCUT2D eigenvalue weighted by Gasteiger charge is 2.32. The highest BCUT2D eigenvalue weighted by Crippen LogP contribution is 2.29. The van der Waals surface area contributed by atoms with Crippen molar-refractivity contribution in [1.29, 1.82) is 0 Å². The van der Waals surface area contributed by atoms with Gasteiger partial charge in [0, 0.05) is 25.6 Å². The number of nitrogens with one attached hydrogen (secondary N) is 1. The third-order valence-electron chi connectivity index (χ3n) is 5.52. The molecule has 0 aromatic heterocycles. The predicted molar refractivity (Wildman–Crippen MR) is 112 cm³/mol. The lowest BCUT2D eigenvalue weighted by molar-refractivity contribution is -0.136. The van der Waals surface area contributed by atoms with Gasteiger partial charge in [-0.3, -0.25) is 9.59 Å². The van der Waals surface area contributed by atoms with Gasteiger partial charge in [-0.05, 0) is 30.4 Å². The highest BCUT2D eigenvalue weighted by atomic mass is 16.2. The van der Waals surface area contributed by atoms with Crippen LogP contribution in [0.3, 0.4) is 0 Å². The predicted octanol–water partition coefficient (Wildman–Crippen LogP) is 3.97. The Morgan fingerprint density at radius 2 is 1.50 bits per heavy atom. The van der Waals surface area contributed by atoms with E-state index in [1.165, 1.54) is 0 Å². The van der Waals surface area contributed by atoms with Crippen molar-refractivity contribution in [3.05, 3.63) is 71.8 Å². The van der Waals surface area contributed by atoms with Gasteiger partial charge < -0.3 is 10.2 Å². The molecule has 4 heteroatoms. The number of carbonyl (C=O) groups excluding carboxylic acids is 2. The van der Waals surface area contributed by atoms with Crippen molar-refractivity contribution in [2.24, 2.45) is 5.92 Å². The summed E-state index contributed by atoms with van der Waals surface area (Å²) in [5, 5.41) is 3.03. The minimum atomic E-state index is -0.294. The molecule has 0 spiro atoms. The van der Waals surface area contributed by atoms with E-state index in [0.29, 0.717) is 13.1 Å². The molecule has 0 unspecified atom stereocenters. The van der Waals surface area contributed by atoms with E-state index in [9.17, 15) is 9.59 Å². The Balaban J connectivity index is 1.67. The molecule has 1 N–H and O–H groups in total. The number of rotatable bonds is 7. The van der Waals surface area contributed by atoms with Crippen molar-refractivity contribution in [1.82, 2.24) is 10.2 Å². The average Bonchev–Trinajstić information content (AvgIpc) is 2.75. The van der Waals surface area contributed by atoms with Crippen molar-refractivity contribution < 1.29 is 9.59 Å². The largest absolute Gasteiger partial charge is 0.356 e. The molecule has 148 valence electrons. The Kier molecular flexibility index (Phi) is 7.24. The van der Waals surface area contributed by atoms with Gasteiger partial charge in [0.05, 0.1) is 5.92 Å². The lowest BCUT2D eigenvalue weighted by Gasteiger charge is -2.34. The van der Waals surface area contributed by atoms with Crippen molar-refractivity contribution in [3.63, 3.8) is 0 Å². The Morgan fingerprint density at radius 1 is 0.964 bits per heavy atom. The van der Waals surface area contributed by atoms with Gasteiger partial charge in [0.1, 0.15) is 0 Å². The standard InChI is InChI=1S/C24H30N2O2/c1-2-3-16-25-23(27)21-14-17-26(18-15-21)24(28)22(19-10-6-4-7-11-19)20-12-8-5-9-13-20/h4-13,21-22H,2-3,14-18H2,1H3,(H,25,27). The van der Waals surface area contributed by atoms with E-state index in [-0.39, 0.29) is 23.7 Å². The minimum Gasteiger partial charge on any atom is -0.356 e. The number of likely N-dealkylation sites (tertiary alicyclic amines) is 1. The fourth-order valence-electron chi connectivity index (χ4n) is 3.85. The average molecular weight is 379 g/mol. The molecule has 0 saturated carbocycles. The van der Waals surface area contributed by atoms with E-state index < -0.39 is 0 Å². The molecular weight excluding hydrogens is 348 g/mol. The van der Waals surface area contributed by atoms with Crippen LogP contribution >= 0.6 is 0 Å². The number of carbonyl (C=O) groups is 2. The number of unbranched alkanes of at least 4 members (excludes halogenated alkanes) is 1. The third-order valence-corrected chi connectivity index (χ3v) is 5.52. The van der Waals surface area contributed by atoms with Crippen LogP contribution in [-0.4, -0.2) is 36.3 Å². The number of hydrogen-bond acceptors (Lipinski definition) is 2. The van der Waals surface area contributed by atoms with Crippen LogP contribution in [-0.2, 0) is 9.59 Å². The number of piperidine rings is 1. The molecule has 4 nitrogen and oxygen atoms in total. The number of hydrogen-bond donors (Lipinski definition) is 1. The highest BCUT2D eigenvalue weighted by molar-refractivity contribution is 5.87. The summed E-state index contributed by atoms with van der Waals surface area (Å²) in [5.74, 6) is -0.00408. The summed E-state index contributed by atoms with van der Waals surface area (Å²) in [4.78, 5) is 27.7. The molecule has 28 heavy (non-hydrogen) atoms. The molecule has 0 atom stereocenters. The van der Waals surface area contributed by atoms with Crippen molar-refractivity contribution in [2.75, 3.05) is 19.6 Å². The molecule has 0 radical (unpaired) electrons. The van der Waals surface area contributed by atoms with E-state index in [1.807, 2.05) is 65.6 Å². The first-order chi connectivity index (χ1) is 13.7. The second-order valence-corrected chi connectivity index (χ2v) is 7.50. The molecule has 2 amide bonds. The maximum absolute atomic E-state index is 13.4. The van der Waals surface area contributed by atoms with Crippen molar-refractivity contribution in [2.45, 2.75) is 38.5 Å². The van der Waals surface area contributed by atoms with Crippen LogP contribution in [0, 0.1) is 5.92 Å². The van der Waals surface area contributed by atoms with E-state index in [1.54, 1.807) is 0 Å². The molecule has 1 aliphatic rings. The van der Waals surface area contributed by atoms with Crippen molar-refractivity contribution in [3.8, 4) is 0 Å². The van der Waals surface area contributed by atoms with E-state index in [0.717, 1.165) is 43.4 Å². The summed E-state index contributed by atoms with van der Waals surface area (Å²) in [7, 11) is 0. The normalized spacial score (nSPS) is 14.9. The molecule has 3 rings (SSSR count). The van der Waals surface area contributed by atoms with Crippen LogP contribution in [0.2, 0.25) is 0 Å². The Morgan fingerprint density at radius 3 is 2.00 bits per heavy atom. The monoisotopic (exact) mass is 378 g/mol. The molecule has 1 aliphatic heterocycles.